The van der Waals surface area contributed by atoms with E-state index in [1.54, 1.807) is 0 Å². The molecule has 1 amide bonds. The van der Waals surface area contributed by atoms with Gasteiger partial charge in [0.2, 0.25) is 5.91 Å². The Balaban J connectivity index is 2.90. The molecule has 0 fully saturated rings. The molecule has 1 rings (SSSR count). The lowest BCUT2D eigenvalue weighted by molar-refractivity contribution is -0.119. The number of aliphatic hydroxyl groups is 2. The van der Waals surface area contributed by atoms with E-state index in [-0.39, 0.29) is 35.6 Å². The van der Waals surface area contributed by atoms with E-state index in [0.29, 0.717) is 12.6 Å². The normalized spacial score (nSPS) is 13.3. The van der Waals surface area contributed by atoms with Gasteiger partial charge in [-0.1, -0.05) is 18.2 Å². The average Bonchev–Trinajstić information content (AvgIpc) is 2.44. The molecule has 0 radical (unpaired) electrons. The van der Waals surface area contributed by atoms with Crippen LogP contribution in [-0.2, 0) is 4.79 Å². The Kier molecular flexibility index (Phi) is 6.02. The first-order valence-electron chi connectivity index (χ1n) is 6.15. The van der Waals surface area contributed by atoms with Gasteiger partial charge in [-0.25, -0.2) is 0 Å². The maximum atomic E-state index is 11.0. The Morgan fingerprint density at radius 1 is 1.25 bits per heavy atom. The summed E-state index contributed by atoms with van der Waals surface area (Å²) < 4.78 is 0. The van der Waals surface area contributed by atoms with E-state index in [9.17, 15) is 24.6 Å². The van der Waals surface area contributed by atoms with Crippen LogP contribution in [0.3, 0.4) is 0 Å². The summed E-state index contributed by atoms with van der Waals surface area (Å²) >= 11 is 0. The summed E-state index contributed by atoms with van der Waals surface area (Å²) in [4.78, 5) is 32.6. The van der Waals surface area contributed by atoms with Crippen molar-refractivity contribution in [3.63, 3.8) is 0 Å². The van der Waals surface area contributed by atoms with Gasteiger partial charge in [-0.15, -0.1) is 0 Å². The van der Waals surface area contributed by atoms with Crippen LogP contribution in [0.5, 0.6) is 0 Å². The Hall–Kier alpha value is -2.05. The van der Waals surface area contributed by atoms with Gasteiger partial charge in [0.1, 0.15) is 18.7 Å². The van der Waals surface area contributed by atoms with Crippen molar-refractivity contribution < 1.29 is 24.6 Å². The number of aldehydes is 2. The number of carbonyl (C=O) groups excluding carboxylic acids is 3. The highest BCUT2D eigenvalue weighted by molar-refractivity contribution is 5.86. The molecule has 0 saturated heterocycles. The Labute approximate surface area is 116 Å². The molecule has 0 bridgehead atoms. The Bertz CT molecular complexity index is 474. The minimum atomic E-state index is -1.37. The van der Waals surface area contributed by atoms with E-state index in [1.807, 2.05) is 0 Å². The standard InChI is InChI=1S/C14H17NO5/c1-9(18)15-6-5-12(19)14(20)13-10(7-16)3-2-4-11(13)8-17/h2-4,7-8,12,14,19-20H,5-6H2,1H3,(H,15,18). The monoisotopic (exact) mass is 279 g/mol. The van der Waals surface area contributed by atoms with E-state index >= 15 is 0 Å². The van der Waals surface area contributed by atoms with E-state index < -0.39 is 12.2 Å². The molecular weight excluding hydrogens is 262 g/mol. The van der Waals surface area contributed by atoms with Crippen LogP contribution in [-0.4, -0.2) is 41.3 Å². The Morgan fingerprint density at radius 2 is 1.80 bits per heavy atom. The molecule has 3 N–H and O–H groups in total. The average molecular weight is 279 g/mol. The number of amides is 1. The second-order valence-corrected chi connectivity index (χ2v) is 4.37. The van der Waals surface area contributed by atoms with Crippen LogP contribution in [0, 0.1) is 0 Å². The molecule has 0 aliphatic rings. The zero-order valence-electron chi connectivity index (χ0n) is 11.1. The zero-order chi connectivity index (χ0) is 15.1. The van der Waals surface area contributed by atoms with Crippen molar-refractivity contribution in [2.45, 2.75) is 25.6 Å². The number of carbonyl (C=O) groups is 3. The second-order valence-electron chi connectivity index (χ2n) is 4.37. The third-order valence-corrected chi connectivity index (χ3v) is 2.90. The van der Waals surface area contributed by atoms with Gasteiger partial charge in [0.05, 0.1) is 6.10 Å². The van der Waals surface area contributed by atoms with Crippen LogP contribution < -0.4 is 5.32 Å². The predicted molar refractivity (Wildman–Crippen MR) is 71.5 cm³/mol. The topological polar surface area (TPSA) is 104 Å². The van der Waals surface area contributed by atoms with Gasteiger partial charge >= 0.3 is 0 Å². The maximum Gasteiger partial charge on any atom is 0.216 e. The van der Waals surface area contributed by atoms with Crippen molar-refractivity contribution in [2.75, 3.05) is 6.54 Å². The minimum absolute atomic E-state index is 0.103. The van der Waals surface area contributed by atoms with Crippen molar-refractivity contribution in [3.05, 3.63) is 34.9 Å². The molecule has 0 aliphatic carbocycles. The molecule has 6 nitrogen and oxygen atoms in total. The second kappa shape index (κ2) is 7.52. The van der Waals surface area contributed by atoms with Crippen LogP contribution in [0.1, 0.15) is 45.7 Å². The van der Waals surface area contributed by atoms with Gasteiger partial charge in [-0.05, 0) is 6.42 Å². The van der Waals surface area contributed by atoms with Crippen LogP contribution in [0.4, 0.5) is 0 Å². The van der Waals surface area contributed by atoms with Gasteiger partial charge in [0.25, 0.3) is 0 Å². The van der Waals surface area contributed by atoms with Crippen LogP contribution in [0.2, 0.25) is 0 Å². The molecule has 1 aromatic rings. The highest BCUT2D eigenvalue weighted by Crippen LogP contribution is 2.24. The largest absolute Gasteiger partial charge is 0.390 e. The van der Waals surface area contributed by atoms with Gasteiger partial charge in [0.15, 0.2) is 0 Å². The lowest BCUT2D eigenvalue weighted by Crippen LogP contribution is -2.28. The smallest absolute Gasteiger partial charge is 0.216 e. The van der Waals surface area contributed by atoms with Gasteiger partial charge in [-0.3, -0.25) is 14.4 Å². The molecule has 0 aromatic heterocycles. The zero-order valence-corrected chi connectivity index (χ0v) is 11.1. The predicted octanol–water partition coefficient (Wildman–Crippen LogP) is 0.232. The molecule has 0 spiro atoms. The molecule has 2 atom stereocenters. The number of aliphatic hydroxyl groups excluding tert-OH is 2. The third kappa shape index (κ3) is 3.97. The summed E-state index contributed by atoms with van der Waals surface area (Å²) in [6.07, 6.45) is -1.42. The first-order valence-corrected chi connectivity index (χ1v) is 6.15. The maximum absolute atomic E-state index is 11.0. The first kappa shape index (κ1) is 16.0. The van der Waals surface area contributed by atoms with Crippen LogP contribution >= 0.6 is 0 Å². The molecule has 20 heavy (non-hydrogen) atoms. The van der Waals surface area contributed by atoms with Gasteiger partial charge in [-0.2, -0.15) is 0 Å². The molecule has 0 aliphatic heterocycles. The number of benzene rings is 1. The molecule has 6 heteroatoms. The summed E-state index contributed by atoms with van der Waals surface area (Å²) in [6, 6.07) is 4.44. The fourth-order valence-electron chi connectivity index (χ4n) is 1.90. The fourth-order valence-corrected chi connectivity index (χ4v) is 1.90. The van der Waals surface area contributed by atoms with E-state index in [1.165, 1.54) is 25.1 Å². The number of rotatable bonds is 7. The van der Waals surface area contributed by atoms with Crippen molar-refractivity contribution in [1.82, 2.24) is 5.32 Å². The molecular formula is C14H17NO5. The van der Waals surface area contributed by atoms with Crippen molar-refractivity contribution in [3.8, 4) is 0 Å². The fraction of sp³-hybridized carbons (Fsp3) is 0.357. The van der Waals surface area contributed by atoms with Gasteiger partial charge < -0.3 is 15.5 Å². The third-order valence-electron chi connectivity index (χ3n) is 2.90. The van der Waals surface area contributed by atoms with E-state index in [2.05, 4.69) is 5.32 Å². The highest BCUT2D eigenvalue weighted by Gasteiger charge is 2.23. The van der Waals surface area contributed by atoms with Crippen molar-refractivity contribution in [2.24, 2.45) is 0 Å². The minimum Gasteiger partial charge on any atom is -0.390 e. The van der Waals surface area contributed by atoms with Crippen molar-refractivity contribution >= 4 is 18.5 Å². The van der Waals surface area contributed by atoms with Crippen molar-refractivity contribution in [1.29, 1.82) is 0 Å². The van der Waals surface area contributed by atoms with E-state index in [4.69, 9.17) is 0 Å². The molecule has 1 aromatic carbocycles. The SMILES string of the molecule is CC(=O)NCCC(O)C(O)c1c(C=O)cccc1C=O. The summed E-state index contributed by atoms with van der Waals surface area (Å²) in [5, 5.41) is 22.5. The molecule has 0 heterocycles. The van der Waals surface area contributed by atoms with Crippen LogP contribution in [0.25, 0.3) is 0 Å². The quantitative estimate of drug-likeness (QED) is 0.620. The molecule has 2 unspecified atom stereocenters. The lowest BCUT2D eigenvalue weighted by Gasteiger charge is -2.21. The lowest BCUT2D eigenvalue weighted by atomic mass is 9.93. The number of hydrogen-bond donors (Lipinski definition) is 3. The molecule has 0 saturated carbocycles. The number of hydrogen-bond acceptors (Lipinski definition) is 5. The summed E-state index contributed by atoms with van der Waals surface area (Å²) in [7, 11) is 0. The summed E-state index contributed by atoms with van der Waals surface area (Å²) in [5.41, 5.74) is 0.411. The summed E-state index contributed by atoms with van der Waals surface area (Å²) in [5.74, 6) is -0.242. The Morgan fingerprint density at radius 3 is 2.25 bits per heavy atom. The first-order chi connectivity index (χ1) is 9.51. The summed E-state index contributed by atoms with van der Waals surface area (Å²) in [6.45, 7) is 1.53. The van der Waals surface area contributed by atoms with E-state index in [0.717, 1.165) is 0 Å². The molecule has 108 valence electrons. The highest BCUT2D eigenvalue weighted by atomic mass is 16.3. The van der Waals surface area contributed by atoms with Gasteiger partial charge in [0, 0.05) is 30.2 Å². The van der Waals surface area contributed by atoms with Crippen LogP contribution in [0.15, 0.2) is 18.2 Å². The number of nitrogens with one attached hydrogen (secondary N) is 1.